The van der Waals surface area contributed by atoms with Crippen LogP contribution < -0.4 is 0 Å². The second-order valence-electron chi connectivity index (χ2n) is 3.73. The van der Waals surface area contributed by atoms with E-state index < -0.39 is 0 Å². The molecule has 2 nitrogen and oxygen atoms in total. The van der Waals surface area contributed by atoms with E-state index in [0.29, 0.717) is 5.15 Å². The van der Waals surface area contributed by atoms with E-state index in [2.05, 4.69) is 16.0 Å². The molecule has 0 radical (unpaired) electrons. The quantitative estimate of drug-likeness (QED) is 0.698. The molecule has 4 heteroatoms. The summed E-state index contributed by atoms with van der Waals surface area (Å²) in [6, 6.07) is 10.2. The van der Waals surface area contributed by atoms with Gasteiger partial charge in [-0.1, -0.05) is 29.8 Å². The van der Waals surface area contributed by atoms with Crippen LogP contribution in [0.4, 0.5) is 0 Å². The van der Waals surface area contributed by atoms with Crippen LogP contribution in [-0.2, 0) is 6.42 Å². The highest BCUT2D eigenvalue weighted by atomic mass is 35.5. The zero-order valence-corrected chi connectivity index (χ0v) is 10.5. The number of hydrogen-bond donors (Lipinski definition) is 0. The van der Waals surface area contributed by atoms with Crippen LogP contribution in [0.15, 0.2) is 41.9 Å². The summed E-state index contributed by atoms with van der Waals surface area (Å²) in [4.78, 5) is 8.62. The summed E-state index contributed by atoms with van der Waals surface area (Å²) in [6.07, 6.45) is 2.65. The molecule has 84 valence electrons. The average molecular weight is 261 g/mol. The summed E-state index contributed by atoms with van der Waals surface area (Å²) in [5, 5.41) is 4.65. The molecular formula is C13H9ClN2S. The van der Waals surface area contributed by atoms with Crippen molar-refractivity contribution in [3.05, 3.63) is 57.6 Å². The van der Waals surface area contributed by atoms with Gasteiger partial charge in [0.1, 0.15) is 5.15 Å². The van der Waals surface area contributed by atoms with Gasteiger partial charge in [-0.25, -0.2) is 4.98 Å². The molecule has 2 heterocycles. The highest BCUT2D eigenvalue weighted by Gasteiger charge is 2.05. The third-order valence-electron chi connectivity index (χ3n) is 2.60. The van der Waals surface area contributed by atoms with Crippen molar-refractivity contribution >= 4 is 33.8 Å². The van der Waals surface area contributed by atoms with E-state index in [-0.39, 0.29) is 0 Å². The Bertz CT molecular complexity index is 658. The van der Waals surface area contributed by atoms with Gasteiger partial charge in [-0.15, -0.1) is 11.3 Å². The van der Waals surface area contributed by atoms with Crippen molar-refractivity contribution in [1.29, 1.82) is 0 Å². The number of halogens is 1. The fourth-order valence-corrected chi connectivity index (χ4v) is 2.80. The second-order valence-corrected chi connectivity index (χ2v) is 5.06. The van der Waals surface area contributed by atoms with Crippen LogP contribution in [-0.4, -0.2) is 9.97 Å². The van der Waals surface area contributed by atoms with E-state index in [1.165, 1.54) is 10.9 Å². The number of aromatic nitrogens is 2. The zero-order valence-electron chi connectivity index (χ0n) is 8.93. The number of rotatable bonds is 2. The van der Waals surface area contributed by atoms with Gasteiger partial charge in [0.25, 0.3) is 0 Å². The lowest BCUT2D eigenvalue weighted by Crippen LogP contribution is -1.90. The summed E-state index contributed by atoms with van der Waals surface area (Å²) in [7, 11) is 0. The Balaban J connectivity index is 2.05. The van der Waals surface area contributed by atoms with Gasteiger partial charge in [0.15, 0.2) is 0 Å². The van der Waals surface area contributed by atoms with E-state index in [1.807, 2.05) is 35.8 Å². The lowest BCUT2D eigenvalue weighted by molar-refractivity contribution is 1.14. The van der Waals surface area contributed by atoms with Gasteiger partial charge in [0.2, 0.25) is 0 Å². The zero-order chi connectivity index (χ0) is 11.7. The molecule has 0 N–H and O–H groups in total. The highest BCUT2D eigenvalue weighted by molar-refractivity contribution is 7.10. The minimum atomic E-state index is 0.573. The maximum Gasteiger partial charge on any atom is 0.140 e. The van der Waals surface area contributed by atoms with Gasteiger partial charge in [-0.3, -0.25) is 4.98 Å². The largest absolute Gasteiger partial charge is 0.256 e. The van der Waals surface area contributed by atoms with Crippen molar-refractivity contribution in [2.45, 2.75) is 6.42 Å². The Morgan fingerprint density at radius 2 is 2.06 bits per heavy atom. The molecular weight excluding hydrogens is 252 g/mol. The number of para-hydroxylation sites is 1. The molecule has 0 amide bonds. The molecule has 0 atom stereocenters. The van der Waals surface area contributed by atoms with Gasteiger partial charge in [-0.05, 0) is 17.7 Å². The number of nitrogens with zero attached hydrogens (tertiary/aromatic N) is 2. The molecule has 0 saturated heterocycles. The first-order valence-electron chi connectivity index (χ1n) is 5.25. The molecule has 3 rings (SSSR count). The predicted molar refractivity (Wildman–Crippen MR) is 71.7 cm³/mol. The number of fused-ring (bicyclic) bond motifs is 1. The summed E-state index contributed by atoms with van der Waals surface area (Å²) >= 11 is 7.42. The molecule has 0 aliphatic heterocycles. The smallest absolute Gasteiger partial charge is 0.140 e. The molecule has 0 aliphatic rings. The Morgan fingerprint density at radius 3 is 2.88 bits per heavy atom. The van der Waals surface area contributed by atoms with E-state index in [9.17, 15) is 0 Å². The lowest BCUT2D eigenvalue weighted by Gasteiger charge is -2.03. The fraction of sp³-hybridized carbons (Fsp3) is 0.0769. The van der Waals surface area contributed by atoms with Crippen molar-refractivity contribution in [3.63, 3.8) is 0 Å². The first kappa shape index (κ1) is 10.7. The number of benzene rings is 1. The van der Waals surface area contributed by atoms with Gasteiger partial charge < -0.3 is 0 Å². The van der Waals surface area contributed by atoms with Crippen LogP contribution in [0.3, 0.4) is 0 Å². The third kappa shape index (κ3) is 2.16. The van der Waals surface area contributed by atoms with E-state index in [4.69, 9.17) is 11.6 Å². The van der Waals surface area contributed by atoms with E-state index >= 15 is 0 Å². The SMILES string of the molecule is Clc1csc(Cc2ccnc3ccccc23)n1. The van der Waals surface area contributed by atoms with Crippen molar-refractivity contribution in [3.8, 4) is 0 Å². The monoisotopic (exact) mass is 260 g/mol. The summed E-state index contributed by atoms with van der Waals surface area (Å²) in [5.74, 6) is 0. The molecule has 0 saturated carbocycles. The Hall–Kier alpha value is -1.45. The average Bonchev–Trinajstić information content (AvgIpc) is 2.75. The standard InChI is InChI=1S/C13H9ClN2S/c14-12-8-17-13(16-12)7-9-5-6-15-11-4-2-1-3-10(9)11/h1-6,8H,7H2. The first-order valence-corrected chi connectivity index (χ1v) is 6.51. The Morgan fingerprint density at radius 1 is 1.18 bits per heavy atom. The predicted octanol–water partition coefficient (Wildman–Crippen LogP) is 3.94. The van der Waals surface area contributed by atoms with Crippen LogP contribution in [0.2, 0.25) is 5.15 Å². The number of thiazole rings is 1. The van der Waals surface area contributed by atoms with Crippen LogP contribution in [0.1, 0.15) is 10.6 Å². The molecule has 2 aromatic heterocycles. The van der Waals surface area contributed by atoms with Crippen molar-refractivity contribution in [1.82, 2.24) is 9.97 Å². The maximum atomic E-state index is 5.83. The second kappa shape index (κ2) is 4.43. The summed E-state index contributed by atoms with van der Waals surface area (Å²) in [6.45, 7) is 0. The molecule has 17 heavy (non-hydrogen) atoms. The lowest BCUT2D eigenvalue weighted by atomic mass is 10.1. The topological polar surface area (TPSA) is 25.8 Å². The first-order chi connectivity index (χ1) is 8.33. The van der Waals surface area contributed by atoms with Crippen LogP contribution in [0.25, 0.3) is 10.9 Å². The molecule has 0 unspecified atom stereocenters. The fourth-order valence-electron chi connectivity index (χ4n) is 1.84. The summed E-state index contributed by atoms with van der Waals surface area (Å²) in [5.41, 5.74) is 2.26. The van der Waals surface area contributed by atoms with Crippen molar-refractivity contribution in [2.75, 3.05) is 0 Å². The highest BCUT2D eigenvalue weighted by Crippen LogP contribution is 2.22. The maximum absolute atomic E-state index is 5.83. The molecule has 0 bridgehead atoms. The Kier molecular flexibility index (Phi) is 2.79. The van der Waals surface area contributed by atoms with Gasteiger partial charge in [-0.2, -0.15) is 0 Å². The molecule has 3 aromatic rings. The number of pyridine rings is 1. The van der Waals surface area contributed by atoms with Gasteiger partial charge in [0.05, 0.1) is 10.5 Å². The van der Waals surface area contributed by atoms with Crippen LogP contribution in [0, 0.1) is 0 Å². The van der Waals surface area contributed by atoms with Crippen molar-refractivity contribution < 1.29 is 0 Å². The van der Waals surface area contributed by atoms with Crippen LogP contribution in [0.5, 0.6) is 0 Å². The third-order valence-corrected chi connectivity index (χ3v) is 3.78. The Labute approximate surface area is 108 Å². The minimum Gasteiger partial charge on any atom is -0.256 e. The van der Waals surface area contributed by atoms with Crippen LogP contribution >= 0.6 is 22.9 Å². The minimum absolute atomic E-state index is 0.573. The normalized spacial score (nSPS) is 10.9. The molecule has 0 aliphatic carbocycles. The molecule has 1 aromatic carbocycles. The van der Waals surface area contributed by atoms with Gasteiger partial charge in [0, 0.05) is 23.4 Å². The van der Waals surface area contributed by atoms with E-state index in [0.717, 1.165) is 16.9 Å². The van der Waals surface area contributed by atoms with Gasteiger partial charge >= 0.3 is 0 Å². The van der Waals surface area contributed by atoms with E-state index in [1.54, 1.807) is 11.3 Å². The molecule has 0 spiro atoms. The molecule has 0 fully saturated rings. The number of hydrogen-bond acceptors (Lipinski definition) is 3. The van der Waals surface area contributed by atoms with Crippen molar-refractivity contribution in [2.24, 2.45) is 0 Å². The summed E-state index contributed by atoms with van der Waals surface area (Å²) < 4.78 is 0.